The lowest BCUT2D eigenvalue weighted by molar-refractivity contribution is -0.144. The first-order chi connectivity index (χ1) is 10.1. The van der Waals surface area contributed by atoms with Gasteiger partial charge in [-0.05, 0) is 43.7 Å². The van der Waals surface area contributed by atoms with Gasteiger partial charge in [-0.3, -0.25) is 0 Å². The van der Waals surface area contributed by atoms with Crippen LogP contribution in [0.5, 0.6) is 0 Å². The Bertz CT molecular complexity index is 610. The molecule has 110 valence electrons. The first-order valence-corrected chi connectivity index (χ1v) is 7.23. The number of hydrogen-bond acceptors (Lipinski definition) is 3. The van der Waals surface area contributed by atoms with Crippen molar-refractivity contribution in [3.63, 3.8) is 0 Å². The molecule has 2 aromatic carbocycles. The van der Waals surface area contributed by atoms with E-state index >= 15 is 0 Å². The van der Waals surface area contributed by atoms with Gasteiger partial charge in [0.1, 0.15) is 0 Å². The zero-order valence-corrected chi connectivity index (χ0v) is 12.9. The highest BCUT2D eigenvalue weighted by atomic mass is 35.5. The van der Waals surface area contributed by atoms with Gasteiger partial charge < -0.3 is 10.1 Å². The van der Waals surface area contributed by atoms with E-state index in [4.69, 9.17) is 16.3 Å². The van der Waals surface area contributed by atoms with E-state index in [1.807, 2.05) is 43.3 Å². The number of benzene rings is 2. The fraction of sp³-hybridized carbons (Fsp3) is 0.235. The van der Waals surface area contributed by atoms with Crippen LogP contribution in [0.2, 0.25) is 5.02 Å². The molecule has 4 heteroatoms. The van der Waals surface area contributed by atoms with Crippen molar-refractivity contribution < 1.29 is 9.53 Å². The van der Waals surface area contributed by atoms with E-state index in [1.165, 1.54) is 0 Å². The molecule has 0 aliphatic carbocycles. The molecule has 1 atom stereocenters. The molecule has 21 heavy (non-hydrogen) atoms. The smallest absolute Gasteiger partial charge is 0.333 e. The van der Waals surface area contributed by atoms with Gasteiger partial charge in [-0.2, -0.15) is 0 Å². The lowest BCUT2D eigenvalue weighted by Gasteiger charge is -2.19. The van der Waals surface area contributed by atoms with Crippen molar-refractivity contribution in [3.05, 3.63) is 64.7 Å². The highest BCUT2D eigenvalue weighted by Gasteiger charge is 2.21. The molecule has 1 N–H and O–H groups in total. The van der Waals surface area contributed by atoms with Crippen molar-refractivity contribution in [1.82, 2.24) is 0 Å². The number of esters is 1. The summed E-state index contributed by atoms with van der Waals surface area (Å²) in [6.45, 7) is 4.14. The number of carbonyl (C=O) groups is 1. The maximum atomic E-state index is 12.2. The summed E-state index contributed by atoms with van der Waals surface area (Å²) in [4.78, 5) is 12.2. The van der Waals surface area contributed by atoms with Crippen LogP contribution in [0, 0.1) is 6.92 Å². The predicted molar refractivity (Wildman–Crippen MR) is 85.6 cm³/mol. The van der Waals surface area contributed by atoms with Crippen LogP contribution < -0.4 is 5.32 Å². The molecule has 0 saturated heterocycles. The molecule has 0 radical (unpaired) electrons. The molecule has 0 bridgehead atoms. The second-order valence-electron chi connectivity index (χ2n) is 4.75. The van der Waals surface area contributed by atoms with Crippen LogP contribution in [-0.4, -0.2) is 12.6 Å². The second-order valence-corrected chi connectivity index (χ2v) is 5.19. The van der Waals surface area contributed by atoms with Gasteiger partial charge in [0.05, 0.1) is 6.61 Å². The zero-order valence-electron chi connectivity index (χ0n) is 12.1. The van der Waals surface area contributed by atoms with E-state index in [1.54, 1.807) is 19.1 Å². The van der Waals surface area contributed by atoms with E-state index < -0.39 is 6.04 Å². The van der Waals surface area contributed by atoms with Gasteiger partial charge in [-0.25, -0.2) is 4.79 Å². The van der Waals surface area contributed by atoms with Gasteiger partial charge in [-0.15, -0.1) is 0 Å². The highest BCUT2D eigenvalue weighted by Crippen LogP contribution is 2.23. The lowest BCUT2D eigenvalue weighted by atomic mass is 10.0. The Balaban J connectivity index is 2.27. The van der Waals surface area contributed by atoms with E-state index in [0.717, 1.165) is 16.8 Å². The van der Waals surface area contributed by atoms with Crippen molar-refractivity contribution in [2.45, 2.75) is 19.9 Å². The third kappa shape index (κ3) is 4.23. The summed E-state index contributed by atoms with van der Waals surface area (Å²) in [7, 11) is 0. The van der Waals surface area contributed by atoms with Gasteiger partial charge in [0.15, 0.2) is 6.04 Å². The number of halogens is 1. The average Bonchev–Trinajstić information content (AvgIpc) is 2.47. The number of rotatable bonds is 5. The third-order valence-corrected chi connectivity index (χ3v) is 3.30. The molecule has 0 aliphatic rings. The largest absolute Gasteiger partial charge is 0.464 e. The number of ether oxygens (including phenoxy) is 1. The maximum absolute atomic E-state index is 12.2. The molecule has 0 amide bonds. The van der Waals surface area contributed by atoms with E-state index in [9.17, 15) is 4.79 Å². The summed E-state index contributed by atoms with van der Waals surface area (Å²) in [5.74, 6) is -0.293. The topological polar surface area (TPSA) is 38.3 Å². The standard InChI is InChI=1S/C17H18ClNO2/c1-3-21-17(20)16(13-6-4-5-12(2)11-13)19-15-9-7-14(18)8-10-15/h4-11,16,19H,3H2,1-2H3. The Hall–Kier alpha value is -2.00. The molecular weight excluding hydrogens is 286 g/mol. The number of aryl methyl sites for hydroxylation is 1. The van der Waals surface area contributed by atoms with E-state index in [0.29, 0.717) is 11.6 Å². The van der Waals surface area contributed by atoms with Crippen LogP contribution in [0.1, 0.15) is 24.1 Å². The molecule has 0 aliphatic heterocycles. The summed E-state index contributed by atoms with van der Waals surface area (Å²) in [6, 6.07) is 14.5. The van der Waals surface area contributed by atoms with Crippen LogP contribution >= 0.6 is 11.6 Å². The molecule has 0 spiro atoms. The molecular formula is C17H18ClNO2. The molecule has 2 rings (SSSR count). The fourth-order valence-corrected chi connectivity index (χ4v) is 2.19. The Morgan fingerprint density at radius 3 is 2.57 bits per heavy atom. The minimum absolute atomic E-state index is 0.293. The molecule has 3 nitrogen and oxygen atoms in total. The zero-order chi connectivity index (χ0) is 15.2. The summed E-state index contributed by atoms with van der Waals surface area (Å²) >= 11 is 5.88. The Kier molecular flexibility index (Phi) is 5.23. The van der Waals surface area contributed by atoms with Gasteiger partial charge in [-0.1, -0.05) is 41.4 Å². The molecule has 2 aromatic rings. The van der Waals surface area contributed by atoms with Crippen LogP contribution in [0.3, 0.4) is 0 Å². The summed E-state index contributed by atoms with van der Waals surface area (Å²) < 4.78 is 5.17. The van der Waals surface area contributed by atoms with Crippen molar-refractivity contribution in [2.24, 2.45) is 0 Å². The van der Waals surface area contributed by atoms with Crippen molar-refractivity contribution in [1.29, 1.82) is 0 Å². The quantitative estimate of drug-likeness (QED) is 0.834. The van der Waals surface area contributed by atoms with Gasteiger partial charge in [0.25, 0.3) is 0 Å². The number of nitrogens with one attached hydrogen (secondary N) is 1. The van der Waals surface area contributed by atoms with Gasteiger partial charge in [0, 0.05) is 10.7 Å². The predicted octanol–water partition coefficient (Wildman–Crippen LogP) is 4.36. The Labute approximate surface area is 129 Å². The fourth-order valence-electron chi connectivity index (χ4n) is 2.07. The first kappa shape index (κ1) is 15.4. The van der Waals surface area contributed by atoms with Crippen molar-refractivity contribution in [3.8, 4) is 0 Å². The first-order valence-electron chi connectivity index (χ1n) is 6.85. The summed E-state index contributed by atoms with van der Waals surface area (Å²) in [5.41, 5.74) is 2.79. The number of anilines is 1. The van der Waals surface area contributed by atoms with Gasteiger partial charge in [0.2, 0.25) is 0 Å². The van der Waals surface area contributed by atoms with Crippen LogP contribution in [-0.2, 0) is 9.53 Å². The molecule has 0 aromatic heterocycles. The van der Waals surface area contributed by atoms with Crippen LogP contribution in [0.4, 0.5) is 5.69 Å². The normalized spacial score (nSPS) is 11.8. The number of hydrogen-bond donors (Lipinski definition) is 1. The molecule has 0 fully saturated rings. The average molecular weight is 304 g/mol. The van der Waals surface area contributed by atoms with Crippen molar-refractivity contribution in [2.75, 3.05) is 11.9 Å². The minimum Gasteiger partial charge on any atom is -0.464 e. The van der Waals surface area contributed by atoms with E-state index in [-0.39, 0.29) is 5.97 Å². The van der Waals surface area contributed by atoms with Gasteiger partial charge >= 0.3 is 5.97 Å². The monoisotopic (exact) mass is 303 g/mol. The number of carbonyl (C=O) groups excluding carboxylic acids is 1. The van der Waals surface area contributed by atoms with Crippen molar-refractivity contribution >= 4 is 23.3 Å². The third-order valence-electron chi connectivity index (χ3n) is 3.05. The Morgan fingerprint density at radius 2 is 1.95 bits per heavy atom. The van der Waals surface area contributed by atoms with E-state index in [2.05, 4.69) is 5.32 Å². The Morgan fingerprint density at radius 1 is 1.24 bits per heavy atom. The van der Waals surface area contributed by atoms with Crippen LogP contribution in [0.15, 0.2) is 48.5 Å². The van der Waals surface area contributed by atoms with Crippen LogP contribution in [0.25, 0.3) is 0 Å². The highest BCUT2D eigenvalue weighted by molar-refractivity contribution is 6.30. The second kappa shape index (κ2) is 7.14. The summed E-state index contributed by atoms with van der Waals surface area (Å²) in [5, 5.41) is 3.86. The minimum atomic E-state index is -0.536. The molecule has 1 unspecified atom stereocenters. The SMILES string of the molecule is CCOC(=O)C(Nc1ccc(Cl)cc1)c1cccc(C)c1. The molecule has 0 heterocycles. The maximum Gasteiger partial charge on any atom is 0.333 e. The lowest BCUT2D eigenvalue weighted by Crippen LogP contribution is -2.23. The molecule has 0 saturated carbocycles. The summed E-state index contributed by atoms with van der Waals surface area (Å²) in [6.07, 6.45) is 0.